The van der Waals surface area contributed by atoms with Crippen molar-refractivity contribution in [1.29, 1.82) is 0 Å². The fourth-order valence-corrected chi connectivity index (χ4v) is 3.15. The molecule has 0 amide bonds. The SMILES string of the molecule is CCOC(=O)C1C[C@@H](C(=O)OCC)[C@@H](C(=O)OCC)C1C(=O)OCC. The molecule has 1 aliphatic carbocycles. The molecule has 4 atom stereocenters. The van der Waals surface area contributed by atoms with Crippen LogP contribution in [0, 0.1) is 23.7 Å². The van der Waals surface area contributed by atoms with E-state index in [1.54, 1.807) is 27.7 Å². The molecule has 1 fully saturated rings. The Kier molecular flexibility index (Phi) is 8.37. The molecule has 0 aliphatic heterocycles. The molecule has 0 bridgehead atoms. The number of hydrogen-bond donors (Lipinski definition) is 0. The van der Waals surface area contributed by atoms with Crippen molar-refractivity contribution < 1.29 is 38.1 Å². The first kappa shape index (κ1) is 20.9. The quantitative estimate of drug-likeness (QED) is 0.469. The summed E-state index contributed by atoms with van der Waals surface area (Å²) in [6.07, 6.45) is -0.0232. The molecule has 8 heteroatoms. The van der Waals surface area contributed by atoms with E-state index in [2.05, 4.69) is 0 Å². The summed E-state index contributed by atoms with van der Waals surface area (Å²) in [7, 11) is 0. The molecular formula is C17H26O8. The lowest BCUT2D eigenvalue weighted by Gasteiger charge is -2.22. The summed E-state index contributed by atoms with van der Waals surface area (Å²) in [6, 6.07) is 0. The highest BCUT2D eigenvalue weighted by Gasteiger charge is 2.57. The van der Waals surface area contributed by atoms with Crippen molar-refractivity contribution in [2.75, 3.05) is 26.4 Å². The smallest absolute Gasteiger partial charge is 0.310 e. The molecule has 2 unspecified atom stereocenters. The zero-order valence-electron chi connectivity index (χ0n) is 15.1. The van der Waals surface area contributed by atoms with Crippen LogP contribution in [0.25, 0.3) is 0 Å². The Morgan fingerprint density at radius 2 is 0.880 bits per heavy atom. The molecule has 0 N–H and O–H groups in total. The van der Waals surface area contributed by atoms with E-state index < -0.39 is 47.5 Å². The average Bonchev–Trinajstić information content (AvgIpc) is 2.96. The Morgan fingerprint density at radius 3 is 1.16 bits per heavy atom. The standard InChI is InChI=1S/C17H26O8/c1-5-22-14(18)10-9-11(15(19)23-6-2)13(17(21)25-8-4)12(10)16(20)24-7-3/h10-13H,5-9H2,1-4H3/t10-,11?,12-,13?/m1/s1. The molecule has 8 nitrogen and oxygen atoms in total. The first-order valence-corrected chi connectivity index (χ1v) is 8.59. The second-order valence-electron chi connectivity index (χ2n) is 5.51. The highest BCUT2D eigenvalue weighted by atomic mass is 16.6. The maximum absolute atomic E-state index is 12.4. The fraction of sp³-hybridized carbons (Fsp3) is 0.765. The molecule has 0 aromatic rings. The predicted octanol–water partition coefficient (Wildman–Crippen LogP) is 1.11. The van der Waals surface area contributed by atoms with E-state index in [1.807, 2.05) is 0 Å². The minimum Gasteiger partial charge on any atom is -0.466 e. The topological polar surface area (TPSA) is 105 Å². The maximum Gasteiger partial charge on any atom is 0.310 e. The third-order valence-corrected chi connectivity index (χ3v) is 4.06. The van der Waals surface area contributed by atoms with E-state index in [9.17, 15) is 19.2 Å². The Labute approximate surface area is 147 Å². The van der Waals surface area contributed by atoms with Crippen LogP contribution in [0.2, 0.25) is 0 Å². The second kappa shape index (κ2) is 10.0. The van der Waals surface area contributed by atoms with Gasteiger partial charge in [0.25, 0.3) is 0 Å². The van der Waals surface area contributed by atoms with Crippen molar-refractivity contribution in [1.82, 2.24) is 0 Å². The monoisotopic (exact) mass is 358 g/mol. The van der Waals surface area contributed by atoms with Crippen LogP contribution < -0.4 is 0 Å². The first-order chi connectivity index (χ1) is 11.9. The molecule has 0 saturated heterocycles. The van der Waals surface area contributed by atoms with Crippen LogP contribution in [0.5, 0.6) is 0 Å². The first-order valence-electron chi connectivity index (χ1n) is 8.59. The average molecular weight is 358 g/mol. The highest BCUT2D eigenvalue weighted by molar-refractivity contribution is 5.92. The zero-order valence-corrected chi connectivity index (χ0v) is 15.1. The molecular weight excluding hydrogens is 332 g/mol. The van der Waals surface area contributed by atoms with Gasteiger partial charge in [0, 0.05) is 0 Å². The van der Waals surface area contributed by atoms with Gasteiger partial charge in [0.2, 0.25) is 0 Å². The number of carbonyl (C=O) groups is 4. The molecule has 0 aromatic carbocycles. The van der Waals surface area contributed by atoms with E-state index in [0.717, 1.165) is 0 Å². The summed E-state index contributed by atoms with van der Waals surface area (Å²) in [5, 5.41) is 0. The highest BCUT2D eigenvalue weighted by Crippen LogP contribution is 2.44. The van der Waals surface area contributed by atoms with Crippen LogP contribution in [0.3, 0.4) is 0 Å². The third kappa shape index (κ3) is 4.93. The van der Waals surface area contributed by atoms with Gasteiger partial charge in [-0.25, -0.2) is 0 Å². The minimum atomic E-state index is -1.13. The Bertz CT molecular complexity index is 457. The summed E-state index contributed by atoms with van der Waals surface area (Å²) in [4.78, 5) is 49.4. The van der Waals surface area contributed by atoms with Gasteiger partial charge in [-0.05, 0) is 34.1 Å². The van der Waals surface area contributed by atoms with Gasteiger partial charge >= 0.3 is 23.9 Å². The molecule has 1 saturated carbocycles. The number of esters is 4. The van der Waals surface area contributed by atoms with Gasteiger partial charge in [-0.3, -0.25) is 19.2 Å². The summed E-state index contributed by atoms with van der Waals surface area (Å²) in [5.41, 5.74) is 0. The van der Waals surface area contributed by atoms with Crippen molar-refractivity contribution in [3.05, 3.63) is 0 Å². The van der Waals surface area contributed by atoms with Gasteiger partial charge in [-0.1, -0.05) is 0 Å². The number of carbonyl (C=O) groups excluding carboxylic acids is 4. The van der Waals surface area contributed by atoms with Gasteiger partial charge in [0.05, 0.1) is 50.1 Å². The summed E-state index contributed by atoms with van der Waals surface area (Å²) in [5.74, 6) is -6.88. The maximum atomic E-state index is 12.4. The van der Waals surface area contributed by atoms with Crippen LogP contribution in [0.4, 0.5) is 0 Å². The van der Waals surface area contributed by atoms with Gasteiger partial charge in [-0.2, -0.15) is 0 Å². The largest absolute Gasteiger partial charge is 0.466 e. The minimum absolute atomic E-state index is 0.0232. The van der Waals surface area contributed by atoms with Crippen molar-refractivity contribution in [2.45, 2.75) is 34.1 Å². The van der Waals surface area contributed by atoms with Gasteiger partial charge in [0.15, 0.2) is 0 Å². The second-order valence-corrected chi connectivity index (χ2v) is 5.51. The Morgan fingerprint density at radius 1 is 0.600 bits per heavy atom. The van der Waals surface area contributed by atoms with Crippen molar-refractivity contribution >= 4 is 23.9 Å². The molecule has 1 aliphatic rings. The molecule has 142 valence electrons. The van der Waals surface area contributed by atoms with Crippen LogP contribution >= 0.6 is 0 Å². The fourth-order valence-electron chi connectivity index (χ4n) is 3.15. The third-order valence-electron chi connectivity index (χ3n) is 4.06. The lowest BCUT2D eigenvalue weighted by molar-refractivity contribution is -0.167. The van der Waals surface area contributed by atoms with Crippen LogP contribution in [-0.2, 0) is 38.1 Å². The van der Waals surface area contributed by atoms with Gasteiger partial charge in [-0.15, -0.1) is 0 Å². The van der Waals surface area contributed by atoms with E-state index in [4.69, 9.17) is 18.9 Å². The summed E-state index contributed by atoms with van der Waals surface area (Å²) < 4.78 is 20.1. The Balaban J connectivity index is 3.25. The molecule has 25 heavy (non-hydrogen) atoms. The van der Waals surface area contributed by atoms with E-state index in [-0.39, 0.29) is 32.8 Å². The Hall–Kier alpha value is -2.12. The summed E-state index contributed by atoms with van der Waals surface area (Å²) in [6.45, 7) is 6.94. The predicted molar refractivity (Wildman–Crippen MR) is 85.1 cm³/mol. The van der Waals surface area contributed by atoms with Crippen LogP contribution in [0.15, 0.2) is 0 Å². The lowest BCUT2D eigenvalue weighted by atomic mass is 9.86. The van der Waals surface area contributed by atoms with Crippen LogP contribution in [-0.4, -0.2) is 50.3 Å². The molecule has 0 spiro atoms. The number of hydrogen-bond acceptors (Lipinski definition) is 8. The normalized spacial score (nSPS) is 25.1. The molecule has 0 aromatic heterocycles. The van der Waals surface area contributed by atoms with Gasteiger partial charge < -0.3 is 18.9 Å². The van der Waals surface area contributed by atoms with Crippen molar-refractivity contribution in [2.24, 2.45) is 23.7 Å². The molecule has 0 heterocycles. The molecule has 0 radical (unpaired) electrons. The van der Waals surface area contributed by atoms with E-state index in [0.29, 0.717) is 0 Å². The van der Waals surface area contributed by atoms with E-state index in [1.165, 1.54) is 0 Å². The van der Waals surface area contributed by atoms with Crippen molar-refractivity contribution in [3.8, 4) is 0 Å². The van der Waals surface area contributed by atoms with Crippen molar-refractivity contribution in [3.63, 3.8) is 0 Å². The lowest BCUT2D eigenvalue weighted by Crippen LogP contribution is -2.38. The molecule has 1 rings (SSSR count). The number of rotatable bonds is 8. The summed E-state index contributed by atoms with van der Waals surface area (Å²) >= 11 is 0. The number of ether oxygens (including phenoxy) is 4. The van der Waals surface area contributed by atoms with E-state index >= 15 is 0 Å². The van der Waals surface area contributed by atoms with Gasteiger partial charge in [0.1, 0.15) is 0 Å². The zero-order chi connectivity index (χ0) is 19.0. The van der Waals surface area contributed by atoms with Crippen LogP contribution in [0.1, 0.15) is 34.1 Å².